The average Bonchev–Trinajstić information content (AvgIpc) is 2.73. The van der Waals surface area contributed by atoms with Gasteiger partial charge in [0.2, 0.25) is 0 Å². The van der Waals surface area contributed by atoms with Crippen LogP contribution in [0.5, 0.6) is 0 Å². The van der Waals surface area contributed by atoms with Crippen molar-refractivity contribution in [1.29, 1.82) is 0 Å². The van der Waals surface area contributed by atoms with Crippen LogP contribution in [0.4, 0.5) is 0 Å². The minimum absolute atomic E-state index is 0.105. The Morgan fingerprint density at radius 2 is 2.06 bits per heavy atom. The van der Waals surface area contributed by atoms with Crippen LogP contribution in [0.3, 0.4) is 0 Å². The Hall–Kier alpha value is -1.55. The van der Waals surface area contributed by atoms with Gasteiger partial charge < -0.3 is 4.57 Å². The predicted octanol–water partition coefficient (Wildman–Crippen LogP) is 2.92. The molecule has 0 spiro atoms. The molecule has 4 heteroatoms. The van der Waals surface area contributed by atoms with Crippen LogP contribution in [0.1, 0.15) is 23.0 Å². The molecule has 0 aliphatic carbocycles. The number of Topliss-reactive ketones (excluding diaryl/α,β-unsaturated/α-hetero) is 1. The van der Waals surface area contributed by atoms with E-state index in [0.717, 1.165) is 16.2 Å². The SMILES string of the molecule is CC(=O)c1ccc(SCc2cncn2C)cc1. The fraction of sp³-hybridized carbons (Fsp3) is 0.231. The van der Waals surface area contributed by atoms with E-state index in [-0.39, 0.29) is 5.78 Å². The molecule has 1 aromatic carbocycles. The topological polar surface area (TPSA) is 34.9 Å². The number of rotatable bonds is 4. The zero-order valence-corrected chi connectivity index (χ0v) is 10.7. The number of hydrogen-bond donors (Lipinski definition) is 0. The van der Waals surface area contributed by atoms with Gasteiger partial charge >= 0.3 is 0 Å². The Kier molecular flexibility index (Phi) is 3.64. The molecule has 88 valence electrons. The zero-order valence-electron chi connectivity index (χ0n) is 9.88. The molecule has 0 saturated heterocycles. The smallest absolute Gasteiger partial charge is 0.159 e. The second-order valence-electron chi connectivity index (χ2n) is 3.87. The van der Waals surface area contributed by atoms with Crippen molar-refractivity contribution < 1.29 is 4.79 Å². The van der Waals surface area contributed by atoms with Gasteiger partial charge in [0.05, 0.1) is 6.33 Å². The van der Waals surface area contributed by atoms with Gasteiger partial charge in [-0.3, -0.25) is 4.79 Å². The fourth-order valence-electron chi connectivity index (χ4n) is 1.47. The molecule has 1 heterocycles. The van der Waals surface area contributed by atoms with Crippen molar-refractivity contribution in [3.8, 4) is 0 Å². The van der Waals surface area contributed by atoms with Crippen LogP contribution >= 0.6 is 11.8 Å². The summed E-state index contributed by atoms with van der Waals surface area (Å²) in [5.74, 6) is 0.990. The second kappa shape index (κ2) is 5.19. The summed E-state index contributed by atoms with van der Waals surface area (Å²) < 4.78 is 2.01. The van der Waals surface area contributed by atoms with Crippen molar-refractivity contribution in [3.63, 3.8) is 0 Å². The van der Waals surface area contributed by atoms with Crippen molar-refractivity contribution >= 4 is 17.5 Å². The maximum absolute atomic E-state index is 11.1. The van der Waals surface area contributed by atoms with Crippen LogP contribution in [0.2, 0.25) is 0 Å². The number of aromatic nitrogens is 2. The molecule has 0 unspecified atom stereocenters. The summed E-state index contributed by atoms with van der Waals surface area (Å²) in [6, 6.07) is 7.71. The molecule has 2 aromatic rings. The third kappa shape index (κ3) is 2.97. The predicted molar refractivity (Wildman–Crippen MR) is 69.2 cm³/mol. The lowest BCUT2D eigenvalue weighted by atomic mass is 10.2. The molecule has 1 aromatic heterocycles. The number of carbonyl (C=O) groups excluding carboxylic acids is 1. The standard InChI is InChI=1S/C13H14N2OS/c1-10(16)11-3-5-13(6-4-11)17-8-12-7-14-9-15(12)2/h3-7,9H,8H2,1-2H3. The van der Waals surface area contributed by atoms with Gasteiger partial charge in [-0.15, -0.1) is 11.8 Å². The van der Waals surface area contributed by atoms with Crippen LogP contribution in [-0.2, 0) is 12.8 Å². The number of thioether (sulfide) groups is 1. The first kappa shape index (κ1) is 11.9. The highest BCUT2D eigenvalue weighted by atomic mass is 32.2. The van der Waals surface area contributed by atoms with Crippen molar-refractivity contribution in [2.45, 2.75) is 17.6 Å². The highest BCUT2D eigenvalue weighted by Gasteiger charge is 2.02. The van der Waals surface area contributed by atoms with Crippen molar-refractivity contribution in [1.82, 2.24) is 9.55 Å². The van der Waals surface area contributed by atoms with Crippen molar-refractivity contribution in [2.75, 3.05) is 0 Å². The molecule has 0 bridgehead atoms. The van der Waals surface area contributed by atoms with Crippen LogP contribution < -0.4 is 0 Å². The molecule has 3 nitrogen and oxygen atoms in total. The lowest BCUT2D eigenvalue weighted by Gasteiger charge is -2.03. The van der Waals surface area contributed by atoms with Crippen LogP contribution in [0.15, 0.2) is 41.7 Å². The number of imidazole rings is 1. The van der Waals surface area contributed by atoms with E-state index in [9.17, 15) is 4.79 Å². The number of hydrogen-bond acceptors (Lipinski definition) is 3. The summed E-state index contributed by atoms with van der Waals surface area (Å²) in [5, 5.41) is 0. The molecule has 0 radical (unpaired) electrons. The summed E-state index contributed by atoms with van der Waals surface area (Å²) in [7, 11) is 1.99. The first-order valence-electron chi connectivity index (χ1n) is 5.36. The summed E-state index contributed by atoms with van der Waals surface area (Å²) >= 11 is 1.74. The molecule has 0 fully saturated rings. The van der Waals surface area contributed by atoms with Gasteiger partial charge in [-0.1, -0.05) is 12.1 Å². The highest BCUT2D eigenvalue weighted by molar-refractivity contribution is 7.98. The van der Waals surface area contributed by atoms with Gasteiger partial charge in [-0.2, -0.15) is 0 Å². The summed E-state index contributed by atoms with van der Waals surface area (Å²) in [6.07, 6.45) is 3.67. The van der Waals surface area contributed by atoms with Gasteiger partial charge in [-0.25, -0.2) is 4.98 Å². The van der Waals surface area contributed by atoms with E-state index in [0.29, 0.717) is 0 Å². The van der Waals surface area contributed by atoms with Crippen LogP contribution in [-0.4, -0.2) is 15.3 Å². The van der Waals surface area contributed by atoms with Gasteiger partial charge in [0.25, 0.3) is 0 Å². The first-order valence-corrected chi connectivity index (χ1v) is 6.34. The molecule has 0 aliphatic heterocycles. The lowest BCUT2D eigenvalue weighted by Crippen LogP contribution is -1.93. The van der Waals surface area contributed by atoms with Gasteiger partial charge in [0.1, 0.15) is 0 Å². The Labute approximate surface area is 105 Å². The van der Waals surface area contributed by atoms with Gasteiger partial charge in [0, 0.05) is 35.2 Å². The van der Waals surface area contributed by atoms with Crippen LogP contribution in [0.25, 0.3) is 0 Å². The number of carbonyl (C=O) groups is 1. The number of nitrogens with zero attached hydrogens (tertiary/aromatic N) is 2. The van der Waals surface area contributed by atoms with E-state index in [2.05, 4.69) is 4.98 Å². The van der Waals surface area contributed by atoms with E-state index in [1.54, 1.807) is 25.0 Å². The minimum atomic E-state index is 0.105. The lowest BCUT2D eigenvalue weighted by molar-refractivity contribution is 0.101. The largest absolute Gasteiger partial charge is 0.337 e. The third-order valence-corrected chi connectivity index (χ3v) is 3.61. The Morgan fingerprint density at radius 3 is 2.59 bits per heavy atom. The van der Waals surface area contributed by atoms with Crippen molar-refractivity contribution in [2.24, 2.45) is 7.05 Å². The molecule has 0 N–H and O–H groups in total. The molecule has 0 saturated carbocycles. The maximum atomic E-state index is 11.1. The Morgan fingerprint density at radius 1 is 1.35 bits per heavy atom. The molecule has 2 rings (SSSR count). The average molecular weight is 246 g/mol. The van der Waals surface area contributed by atoms with E-state index in [4.69, 9.17) is 0 Å². The van der Waals surface area contributed by atoms with Crippen LogP contribution in [0, 0.1) is 0 Å². The maximum Gasteiger partial charge on any atom is 0.159 e. The van der Waals surface area contributed by atoms with E-state index < -0.39 is 0 Å². The second-order valence-corrected chi connectivity index (χ2v) is 4.91. The molecular weight excluding hydrogens is 232 g/mol. The number of ketones is 1. The third-order valence-electron chi connectivity index (χ3n) is 2.56. The summed E-state index contributed by atoms with van der Waals surface area (Å²) in [6.45, 7) is 1.58. The highest BCUT2D eigenvalue weighted by Crippen LogP contribution is 2.22. The number of benzene rings is 1. The molecule has 0 amide bonds. The molecule has 17 heavy (non-hydrogen) atoms. The van der Waals surface area contributed by atoms with Gasteiger partial charge in [0.15, 0.2) is 5.78 Å². The fourth-order valence-corrected chi connectivity index (χ4v) is 2.39. The monoisotopic (exact) mass is 246 g/mol. The quantitative estimate of drug-likeness (QED) is 0.614. The minimum Gasteiger partial charge on any atom is -0.337 e. The zero-order chi connectivity index (χ0) is 12.3. The van der Waals surface area contributed by atoms with Crippen molar-refractivity contribution in [3.05, 3.63) is 48.0 Å². The van der Waals surface area contributed by atoms with E-state index >= 15 is 0 Å². The van der Waals surface area contributed by atoms with E-state index in [1.165, 1.54) is 5.69 Å². The first-order chi connectivity index (χ1) is 8.16. The Bertz CT molecular complexity index is 516. The normalized spacial score (nSPS) is 10.5. The number of aryl methyl sites for hydroxylation is 1. The molecular formula is C13H14N2OS. The Balaban J connectivity index is 2.00. The molecule has 0 aliphatic rings. The van der Waals surface area contributed by atoms with Gasteiger partial charge in [-0.05, 0) is 19.1 Å². The van der Waals surface area contributed by atoms with E-state index in [1.807, 2.05) is 42.1 Å². The molecule has 0 atom stereocenters. The summed E-state index contributed by atoms with van der Waals surface area (Å²) in [5.41, 5.74) is 1.94. The summed E-state index contributed by atoms with van der Waals surface area (Å²) in [4.78, 5) is 16.4.